The lowest BCUT2D eigenvalue weighted by Crippen LogP contribution is -2.56. The minimum absolute atomic E-state index is 0.0607. The maximum atomic E-state index is 13.7. The van der Waals surface area contributed by atoms with Crippen LogP contribution >= 0.6 is 0 Å². The van der Waals surface area contributed by atoms with Gasteiger partial charge in [-0.2, -0.15) is 0 Å². The molecule has 1 saturated carbocycles. The molecule has 3 N–H and O–H groups in total. The van der Waals surface area contributed by atoms with Crippen molar-refractivity contribution < 1.29 is 67.5 Å². The summed E-state index contributed by atoms with van der Waals surface area (Å²) in [5, 5.41) is 32.7. The van der Waals surface area contributed by atoms with E-state index in [1.54, 1.807) is 13.8 Å². The highest BCUT2D eigenvalue weighted by Gasteiger charge is 2.58. The minimum Gasteiger partial charge on any atom is -0.469 e. The van der Waals surface area contributed by atoms with Crippen LogP contribution in [-0.2, 0) is 52.2 Å². The Balaban J connectivity index is 0.837. The summed E-state index contributed by atoms with van der Waals surface area (Å²) in [6.45, 7) is 10.0. The van der Waals surface area contributed by atoms with E-state index in [1.165, 1.54) is 18.3 Å². The molecule has 8 rings (SSSR count). The molecule has 0 aromatic carbocycles. The fourth-order valence-electron chi connectivity index (χ4n) is 10.8. The van der Waals surface area contributed by atoms with Crippen LogP contribution < -0.4 is 0 Å². The van der Waals surface area contributed by atoms with E-state index >= 15 is 0 Å². The number of methoxy groups -OCH3 is 1. The molecular weight excluding hydrogens is 704 g/mol. The molecule has 0 amide bonds. The van der Waals surface area contributed by atoms with Crippen LogP contribution in [0.1, 0.15) is 92.4 Å². The summed E-state index contributed by atoms with van der Waals surface area (Å²) in [6, 6.07) is 0. The van der Waals surface area contributed by atoms with E-state index in [4.69, 9.17) is 47.4 Å². The Labute approximate surface area is 317 Å². The Morgan fingerprint density at radius 2 is 1.50 bits per heavy atom. The summed E-state index contributed by atoms with van der Waals surface area (Å²) in [5.74, 6) is -0.989. The van der Waals surface area contributed by atoms with Crippen molar-refractivity contribution in [2.75, 3.05) is 13.7 Å². The van der Waals surface area contributed by atoms with Crippen molar-refractivity contribution in [2.45, 2.75) is 184 Å². The third-order valence-corrected chi connectivity index (χ3v) is 13.9. The van der Waals surface area contributed by atoms with Crippen molar-refractivity contribution in [3.63, 3.8) is 0 Å². The average molecular weight is 765 g/mol. The van der Waals surface area contributed by atoms with Gasteiger partial charge in [0, 0.05) is 33.3 Å². The summed E-state index contributed by atoms with van der Waals surface area (Å²) in [4.78, 5) is 13.7. The second-order valence-electron chi connectivity index (χ2n) is 17.3. The molecule has 0 spiro atoms. The summed E-state index contributed by atoms with van der Waals surface area (Å²) < 4.78 is 60.6. The molecule has 14 nitrogen and oxygen atoms in total. The molecule has 0 aromatic heterocycles. The molecular formula is C40H60O14. The molecule has 54 heavy (non-hydrogen) atoms. The quantitative estimate of drug-likeness (QED) is 0.255. The number of aliphatic hydroxyl groups excluding tert-OH is 3. The van der Waals surface area contributed by atoms with Crippen LogP contribution in [0, 0.1) is 23.2 Å². The molecule has 0 aromatic rings. The van der Waals surface area contributed by atoms with Gasteiger partial charge in [-0.15, -0.1) is 0 Å². The van der Waals surface area contributed by atoms with Gasteiger partial charge in [-0.05, 0) is 76.2 Å². The Kier molecular flexibility index (Phi) is 11.0. The van der Waals surface area contributed by atoms with Crippen molar-refractivity contribution in [1.29, 1.82) is 0 Å². The number of hydrogen-bond acceptors (Lipinski definition) is 14. The molecule has 6 fully saturated rings. The van der Waals surface area contributed by atoms with E-state index in [9.17, 15) is 20.1 Å². The van der Waals surface area contributed by atoms with Gasteiger partial charge in [0.25, 0.3) is 0 Å². The van der Waals surface area contributed by atoms with E-state index in [-0.39, 0.29) is 54.2 Å². The van der Waals surface area contributed by atoms with E-state index in [2.05, 4.69) is 13.0 Å². The van der Waals surface area contributed by atoms with Gasteiger partial charge in [0.2, 0.25) is 5.79 Å². The van der Waals surface area contributed by atoms with Crippen LogP contribution in [0.25, 0.3) is 0 Å². The van der Waals surface area contributed by atoms with Crippen molar-refractivity contribution >= 4 is 5.97 Å². The van der Waals surface area contributed by atoms with Gasteiger partial charge in [0.15, 0.2) is 18.9 Å². The average Bonchev–Trinajstić information content (AvgIpc) is 3.64. The Morgan fingerprint density at radius 1 is 0.852 bits per heavy atom. The summed E-state index contributed by atoms with van der Waals surface area (Å²) in [6.07, 6.45) is 1.31. The number of rotatable bonds is 7. The fraction of sp³-hybridized carbons (Fsp3) is 0.875. The van der Waals surface area contributed by atoms with Gasteiger partial charge in [-0.25, -0.2) is 0 Å². The first-order valence-electron chi connectivity index (χ1n) is 20.2. The highest BCUT2D eigenvalue weighted by atomic mass is 16.7. The molecule has 0 radical (unpaired) electrons. The normalized spacial score (nSPS) is 51.9. The molecule has 19 atom stereocenters. The minimum atomic E-state index is -0.906. The third kappa shape index (κ3) is 7.20. The second-order valence-corrected chi connectivity index (χ2v) is 17.3. The highest BCUT2D eigenvalue weighted by Crippen LogP contribution is 2.57. The SMILES string of the molecule is CO[C@H]1C[C@H](O[C@H]2[C@@H](O)C[C@H](O[C@H]3[C@H](O)C[C@H](O[C@H]4CC[C@@]5(C)C(=CC[C@@H]6C(=O)O[C@@H]7CO[C@]8(C)OC=C(CC[C@@H]65)[C@H]78)C4)O[C@@H]3C)O[C@@H]2C)O[C@@H](C)[C@H]1O. The number of fused-ring (bicyclic) bond motifs is 3. The van der Waals surface area contributed by atoms with Crippen molar-refractivity contribution in [2.24, 2.45) is 23.2 Å². The van der Waals surface area contributed by atoms with Crippen molar-refractivity contribution in [3.8, 4) is 0 Å². The van der Waals surface area contributed by atoms with Crippen LogP contribution in [-0.4, -0.2) is 127 Å². The topological polar surface area (TPSA) is 170 Å². The van der Waals surface area contributed by atoms with Gasteiger partial charge in [-0.1, -0.05) is 18.6 Å². The lowest BCUT2D eigenvalue weighted by Gasteiger charge is -2.50. The van der Waals surface area contributed by atoms with E-state index in [0.717, 1.165) is 32.1 Å². The van der Waals surface area contributed by atoms with Crippen LogP contribution in [0.3, 0.4) is 0 Å². The molecule has 304 valence electrons. The first kappa shape index (κ1) is 39.2. The van der Waals surface area contributed by atoms with Gasteiger partial charge in [0.1, 0.15) is 24.4 Å². The van der Waals surface area contributed by atoms with E-state index in [1.807, 2.05) is 20.1 Å². The smallest absolute Gasteiger partial charge is 0.309 e. The lowest BCUT2D eigenvalue weighted by molar-refractivity contribution is -0.336. The maximum absolute atomic E-state index is 13.7. The predicted octanol–water partition coefficient (Wildman–Crippen LogP) is 3.38. The fourth-order valence-corrected chi connectivity index (χ4v) is 10.8. The zero-order valence-electron chi connectivity index (χ0n) is 32.4. The maximum Gasteiger partial charge on any atom is 0.309 e. The van der Waals surface area contributed by atoms with Gasteiger partial charge < -0.3 is 62.7 Å². The Hall–Kier alpha value is -1.69. The molecule has 5 saturated heterocycles. The zero-order valence-corrected chi connectivity index (χ0v) is 32.4. The Bertz CT molecular complexity index is 1410. The number of hydrogen-bond donors (Lipinski definition) is 3. The summed E-state index contributed by atoms with van der Waals surface area (Å²) >= 11 is 0. The van der Waals surface area contributed by atoms with Crippen LogP contribution in [0.5, 0.6) is 0 Å². The number of allylic oxidation sites excluding steroid dienone is 1. The number of carbonyl (C=O) groups is 1. The highest BCUT2D eigenvalue weighted by molar-refractivity contribution is 5.74. The molecule has 14 heteroatoms. The standard InChI is InChI=1S/C40H60O14/c1-19-35(43)29(45-6)16-33(48-19)54-37-21(3)50-32(15-28(37)42)53-36-20(2)49-31(14-27(36)41)51-24-11-12-39(4)23(13-24)8-9-25-26(39)10-7-22-17-46-40(5)34(22)30(18-47-40)52-38(25)44/h8,17,19-21,24-37,41-43H,7,9-16,18H2,1-6H3/t19-,20+,21+,24-,25-,26-,27+,28-,29-,30+,31-,32-,33-,34+,35+,36+,37+,39-,40-/m0/s1. The third-order valence-electron chi connectivity index (χ3n) is 13.9. The summed E-state index contributed by atoms with van der Waals surface area (Å²) in [5.41, 5.74) is 2.35. The van der Waals surface area contributed by atoms with Crippen molar-refractivity contribution in [3.05, 3.63) is 23.5 Å². The van der Waals surface area contributed by atoms with Gasteiger partial charge in [-0.3, -0.25) is 4.79 Å². The van der Waals surface area contributed by atoms with Crippen molar-refractivity contribution in [1.82, 2.24) is 0 Å². The molecule has 8 aliphatic rings. The van der Waals surface area contributed by atoms with E-state index < -0.39 is 79.6 Å². The van der Waals surface area contributed by atoms with Crippen LogP contribution in [0.2, 0.25) is 0 Å². The predicted molar refractivity (Wildman–Crippen MR) is 188 cm³/mol. The number of esters is 1. The monoisotopic (exact) mass is 764 g/mol. The van der Waals surface area contributed by atoms with Crippen LogP contribution in [0.4, 0.5) is 0 Å². The molecule has 6 heterocycles. The molecule has 0 unspecified atom stereocenters. The van der Waals surface area contributed by atoms with E-state index in [0.29, 0.717) is 19.4 Å². The molecule has 0 bridgehead atoms. The largest absolute Gasteiger partial charge is 0.469 e. The van der Waals surface area contributed by atoms with Gasteiger partial charge in [0.05, 0.1) is 67.4 Å². The second kappa shape index (κ2) is 15.2. The first-order valence-corrected chi connectivity index (χ1v) is 20.2. The molecule has 2 aliphatic carbocycles. The first-order chi connectivity index (χ1) is 25.8. The molecule has 6 aliphatic heterocycles. The van der Waals surface area contributed by atoms with Crippen LogP contribution in [0.15, 0.2) is 23.5 Å². The Morgan fingerprint density at radius 3 is 2.17 bits per heavy atom. The number of aliphatic hydroxyl groups is 3. The van der Waals surface area contributed by atoms with Gasteiger partial charge >= 0.3 is 5.97 Å². The number of carbonyl (C=O) groups excluding carboxylic acids is 1. The number of ether oxygens (including phenoxy) is 10. The summed E-state index contributed by atoms with van der Waals surface area (Å²) in [7, 11) is 1.54. The zero-order chi connectivity index (χ0) is 38.1. The lowest BCUT2D eigenvalue weighted by atomic mass is 9.55.